The van der Waals surface area contributed by atoms with Crippen LogP contribution in [-0.4, -0.2) is 18.0 Å². The summed E-state index contributed by atoms with van der Waals surface area (Å²) in [5.74, 6) is 0. The van der Waals surface area contributed by atoms with Crippen LogP contribution in [-0.2, 0) is 0 Å². The molecule has 1 nitrogen and oxygen atoms in total. The first-order valence-electron chi connectivity index (χ1n) is 5.18. The van der Waals surface area contributed by atoms with Crippen LogP contribution in [0.3, 0.4) is 0 Å². The molecular formula is C11H19N. The number of rotatable bonds is 2. The van der Waals surface area contributed by atoms with Crippen molar-refractivity contribution in [2.24, 2.45) is 5.41 Å². The molecule has 0 amide bonds. The quantitative estimate of drug-likeness (QED) is 0.608. The van der Waals surface area contributed by atoms with E-state index >= 15 is 0 Å². The summed E-state index contributed by atoms with van der Waals surface area (Å²) in [5.41, 5.74) is 2.15. The van der Waals surface area contributed by atoms with Crippen molar-refractivity contribution in [2.45, 2.75) is 39.0 Å². The van der Waals surface area contributed by atoms with Crippen molar-refractivity contribution < 1.29 is 0 Å². The fourth-order valence-corrected chi connectivity index (χ4v) is 2.20. The minimum Gasteiger partial charge on any atom is -0.375 e. The molecule has 0 atom stereocenters. The molecule has 1 aliphatic carbocycles. The van der Waals surface area contributed by atoms with Gasteiger partial charge in [0.15, 0.2) is 0 Å². The van der Waals surface area contributed by atoms with Crippen LogP contribution in [0.4, 0.5) is 0 Å². The van der Waals surface area contributed by atoms with Crippen LogP contribution in [0.2, 0.25) is 0 Å². The second-order valence-electron chi connectivity index (χ2n) is 4.41. The summed E-state index contributed by atoms with van der Waals surface area (Å²) in [6.45, 7) is 8.83. The Morgan fingerprint density at radius 1 is 1.25 bits per heavy atom. The van der Waals surface area contributed by atoms with Gasteiger partial charge < -0.3 is 4.90 Å². The molecule has 0 N–H and O–H groups in total. The summed E-state index contributed by atoms with van der Waals surface area (Å²) in [4.78, 5) is 2.48. The van der Waals surface area contributed by atoms with E-state index in [1.54, 1.807) is 0 Å². The van der Waals surface area contributed by atoms with Crippen LogP contribution < -0.4 is 0 Å². The highest BCUT2D eigenvalue weighted by molar-refractivity contribution is 5.02. The Bertz CT molecular complexity index is 181. The molecule has 1 aliphatic heterocycles. The molecule has 1 saturated carbocycles. The monoisotopic (exact) mass is 165 g/mol. The maximum Gasteiger partial charge on any atom is 0.0180 e. The van der Waals surface area contributed by atoms with E-state index in [1.807, 2.05) is 0 Å². The van der Waals surface area contributed by atoms with Crippen molar-refractivity contribution in [2.75, 3.05) is 13.1 Å². The summed E-state index contributed by atoms with van der Waals surface area (Å²) in [5, 5.41) is 0. The van der Waals surface area contributed by atoms with E-state index in [0.29, 0.717) is 0 Å². The molecule has 1 spiro atoms. The first-order valence-corrected chi connectivity index (χ1v) is 5.18. The lowest BCUT2D eigenvalue weighted by atomic mass is 9.93. The molecule has 1 saturated heterocycles. The smallest absolute Gasteiger partial charge is 0.0180 e. The van der Waals surface area contributed by atoms with Gasteiger partial charge in [0.1, 0.15) is 0 Å². The van der Waals surface area contributed by atoms with E-state index in [-0.39, 0.29) is 0 Å². The minimum atomic E-state index is 0.810. The number of hydrogen-bond acceptors (Lipinski definition) is 1. The number of nitrogens with zero attached hydrogens (tertiary/aromatic N) is 1. The summed E-state index contributed by atoms with van der Waals surface area (Å²) in [7, 11) is 0. The third-order valence-corrected chi connectivity index (χ3v) is 3.64. The van der Waals surface area contributed by atoms with E-state index in [9.17, 15) is 0 Å². The molecule has 0 unspecified atom stereocenters. The molecule has 0 aromatic carbocycles. The zero-order valence-corrected chi connectivity index (χ0v) is 8.10. The van der Waals surface area contributed by atoms with E-state index in [1.165, 1.54) is 44.5 Å². The Labute approximate surface area is 75.4 Å². The molecule has 2 fully saturated rings. The predicted molar refractivity (Wildman–Crippen MR) is 51.9 cm³/mol. The lowest BCUT2D eigenvalue weighted by Crippen LogP contribution is -2.33. The van der Waals surface area contributed by atoms with Gasteiger partial charge in [0.2, 0.25) is 0 Å². The second kappa shape index (κ2) is 2.79. The molecule has 68 valence electrons. The minimum absolute atomic E-state index is 0.810. The molecule has 2 aliphatic rings. The van der Waals surface area contributed by atoms with E-state index in [0.717, 1.165) is 11.8 Å². The molecule has 2 rings (SSSR count). The zero-order valence-electron chi connectivity index (χ0n) is 8.10. The Hall–Kier alpha value is -0.460. The van der Waals surface area contributed by atoms with Crippen LogP contribution >= 0.6 is 0 Å². The molecule has 0 aromatic heterocycles. The fraction of sp³-hybridized carbons (Fsp3) is 0.818. The van der Waals surface area contributed by atoms with Gasteiger partial charge in [-0.05, 0) is 37.5 Å². The van der Waals surface area contributed by atoms with Gasteiger partial charge in [0.05, 0.1) is 0 Å². The lowest BCUT2D eigenvalue weighted by Gasteiger charge is -2.34. The number of likely N-dealkylation sites (tertiary alicyclic amines) is 1. The van der Waals surface area contributed by atoms with Gasteiger partial charge >= 0.3 is 0 Å². The average molecular weight is 165 g/mol. The zero-order chi connectivity index (χ0) is 8.60. The molecule has 0 radical (unpaired) electrons. The maximum atomic E-state index is 4.09. The summed E-state index contributed by atoms with van der Waals surface area (Å²) in [6.07, 6.45) is 6.96. The largest absolute Gasteiger partial charge is 0.375 e. The van der Waals surface area contributed by atoms with Crippen LogP contribution in [0, 0.1) is 5.41 Å². The molecule has 0 bridgehead atoms. The SMILES string of the molecule is C=C(CC)N1CCC2(CC1)CC2. The van der Waals surface area contributed by atoms with Crippen molar-refractivity contribution in [3.8, 4) is 0 Å². The highest BCUT2D eigenvalue weighted by atomic mass is 15.1. The van der Waals surface area contributed by atoms with Gasteiger partial charge in [-0.15, -0.1) is 0 Å². The van der Waals surface area contributed by atoms with Gasteiger partial charge in [-0.25, -0.2) is 0 Å². The summed E-state index contributed by atoms with van der Waals surface area (Å²) in [6, 6.07) is 0. The third-order valence-electron chi connectivity index (χ3n) is 3.64. The second-order valence-corrected chi connectivity index (χ2v) is 4.41. The van der Waals surface area contributed by atoms with E-state index in [2.05, 4.69) is 18.4 Å². The third kappa shape index (κ3) is 1.37. The van der Waals surface area contributed by atoms with Crippen LogP contribution in [0.5, 0.6) is 0 Å². The van der Waals surface area contributed by atoms with Crippen LogP contribution in [0.15, 0.2) is 12.3 Å². The van der Waals surface area contributed by atoms with Crippen molar-refractivity contribution in [3.05, 3.63) is 12.3 Å². The van der Waals surface area contributed by atoms with Gasteiger partial charge in [0.25, 0.3) is 0 Å². The molecule has 1 heterocycles. The van der Waals surface area contributed by atoms with Crippen molar-refractivity contribution in [3.63, 3.8) is 0 Å². The van der Waals surface area contributed by atoms with Gasteiger partial charge in [-0.2, -0.15) is 0 Å². The molecular weight excluding hydrogens is 146 g/mol. The average Bonchev–Trinajstić information content (AvgIpc) is 2.85. The fourth-order valence-electron chi connectivity index (χ4n) is 2.20. The van der Waals surface area contributed by atoms with Crippen molar-refractivity contribution >= 4 is 0 Å². The van der Waals surface area contributed by atoms with Crippen LogP contribution in [0.1, 0.15) is 39.0 Å². The van der Waals surface area contributed by atoms with Crippen molar-refractivity contribution in [1.29, 1.82) is 0 Å². The summed E-state index contributed by atoms with van der Waals surface area (Å²) >= 11 is 0. The standard InChI is InChI=1S/C11H19N/c1-3-10(2)12-8-6-11(4-5-11)7-9-12/h2-9H2,1H3. The summed E-state index contributed by atoms with van der Waals surface area (Å²) < 4.78 is 0. The highest BCUT2D eigenvalue weighted by Crippen LogP contribution is 2.53. The van der Waals surface area contributed by atoms with E-state index in [4.69, 9.17) is 0 Å². The topological polar surface area (TPSA) is 3.24 Å². The Kier molecular flexibility index (Phi) is 1.90. The Morgan fingerprint density at radius 3 is 2.25 bits per heavy atom. The highest BCUT2D eigenvalue weighted by Gasteiger charge is 2.44. The molecule has 1 heteroatoms. The van der Waals surface area contributed by atoms with Crippen LogP contribution in [0.25, 0.3) is 0 Å². The maximum absolute atomic E-state index is 4.09. The van der Waals surface area contributed by atoms with Gasteiger partial charge in [-0.1, -0.05) is 13.5 Å². The molecule has 0 aromatic rings. The number of piperidine rings is 1. The number of hydrogen-bond donors (Lipinski definition) is 0. The lowest BCUT2D eigenvalue weighted by molar-refractivity contribution is 0.209. The van der Waals surface area contributed by atoms with E-state index < -0.39 is 0 Å². The number of allylic oxidation sites excluding steroid dienone is 1. The van der Waals surface area contributed by atoms with Gasteiger partial charge in [-0.3, -0.25) is 0 Å². The first-order chi connectivity index (χ1) is 5.76. The predicted octanol–water partition coefficient (Wildman–Crippen LogP) is 2.79. The van der Waals surface area contributed by atoms with Gasteiger partial charge in [0, 0.05) is 18.8 Å². The van der Waals surface area contributed by atoms with Crippen molar-refractivity contribution in [1.82, 2.24) is 4.90 Å². The normalized spacial score (nSPS) is 25.9. The Morgan fingerprint density at radius 2 is 1.83 bits per heavy atom. The Balaban J connectivity index is 1.85. The first kappa shape index (κ1) is 8.15. The molecule has 12 heavy (non-hydrogen) atoms.